The third-order valence-electron chi connectivity index (χ3n) is 4.34. The average Bonchev–Trinajstić information content (AvgIpc) is 2.93. The summed E-state index contributed by atoms with van der Waals surface area (Å²) in [7, 11) is 0. The minimum absolute atomic E-state index is 0.0438. The smallest absolute Gasteiger partial charge is 0.293 e. The topological polar surface area (TPSA) is 46.6 Å². The number of imide groups is 1. The lowest BCUT2D eigenvalue weighted by atomic mass is 10.2. The van der Waals surface area contributed by atoms with Crippen molar-refractivity contribution in [2.45, 2.75) is 32.9 Å². The summed E-state index contributed by atoms with van der Waals surface area (Å²) in [5.41, 5.74) is 1.37. The molecule has 0 saturated carbocycles. The Balaban J connectivity index is 1.76. The zero-order chi connectivity index (χ0) is 20.3. The number of amides is 2. The molecule has 28 heavy (non-hydrogen) atoms. The highest BCUT2D eigenvalue weighted by molar-refractivity contribution is 8.18. The Morgan fingerprint density at radius 1 is 1.11 bits per heavy atom. The van der Waals surface area contributed by atoms with Crippen LogP contribution in [0.15, 0.2) is 47.4 Å². The summed E-state index contributed by atoms with van der Waals surface area (Å²) in [5.74, 6) is 0.416. The summed E-state index contributed by atoms with van der Waals surface area (Å²) in [6.45, 7) is 4.11. The molecule has 2 aromatic rings. The van der Waals surface area contributed by atoms with E-state index < -0.39 is 0 Å². The van der Waals surface area contributed by atoms with E-state index in [0.717, 1.165) is 34.4 Å². The first-order chi connectivity index (χ1) is 13.4. The first-order valence-electron chi connectivity index (χ1n) is 8.84. The first-order valence-corrected chi connectivity index (χ1v) is 10.4. The number of hydrogen-bond donors (Lipinski definition) is 0. The maximum absolute atomic E-state index is 12.7. The van der Waals surface area contributed by atoms with Crippen LogP contribution >= 0.6 is 35.0 Å². The lowest BCUT2D eigenvalue weighted by Crippen LogP contribution is -2.27. The van der Waals surface area contributed by atoms with Crippen molar-refractivity contribution in [1.29, 1.82) is 0 Å². The average molecular weight is 436 g/mol. The Bertz CT molecular complexity index is 907. The van der Waals surface area contributed by atoms with E-state index in [0.29, 0.717) is 20.5 Å². The summed E-state index contributed by atoms with van der Waals surface area (Å²) < 4.78 is 5.75. The minimum Gasteiger partial charge on any atom is -0.491 e. The van der Waals surface area contributed by atoms with Crippen molar-refractivity contribution in [3.8, 4) is 5.75 Å². The van der Waals surface area contributed by atoms with Gasteiger partial charge in [0.1, 0.15) is 5.75 Å². The molecule has 4 nitrogen and oxygen atoms in total. The van der Waals surface area contributed by atoms with Gasteiger partial charge in [0.25, 0.3) is 11.1 Å². The highest BCUT2D eigenvalue weighted by Gasteiger charge is 2.35. The fourth-order valence-electron chi connectivity index (χ4n) is 2.59. The number of nitrogens with zero attached hydrogens (tertiary/aromatic N) is 1. The molecule has 1 heterocycles. The summed E-state index contributed by atoms with van der Waals surface area (Å²) >= 11 is 13.2. The predicted octanol–water partition coefficient (Wildman–Crippen LogP) is 6.41. The first kappa shape index (κ1) is 20.8. The second kappa shape index (κ2) is 9.03. The third-order valence-corrected chi connectivity index (χ3v) is 5.96. The van der Waals surface area contributed by atoms with Crippen LogP contribution in [0.4, 0.5) is 4.79 Å². The molecule has 2 aromatic carbocycles. The highest BCUT2D eigenvalue weighted by atomic mass is 35.5. The van der Waals surface area contributed by atoms with E-state index in [9.17, 15) is 9.59 Å². The zero-order valence-electron chi connectivity index (χ0n) is 15.4. The van der Waals surface area contributed by atoms with Crippen molar-refractivity contribution in [2.24, 2.45) is 0 Å². The van der Waals surface area contributed by atoms with E-state index >= 15 is 0 Å². The normalized spacial score (nSPS) is 16.7. The third kappa shape index (κ3) is 4.72. The Labute approximate surface area is 178 Å². The molecule has 3 rings (SSSR count). The van der Waals surface area contributed by atoms with Crippen LogP contribution in [0, 0.1) is 0 Å². The van der Waals surface area contributed by atoms with Crippen LogP contribution < -0.4 is 4.74 Å². The Morgan fingerprint density at radius 2 is 1.75 bits per heavy atom. The van der Waals surface area contributed by atoms with Gasteiger partial charge in [0.05, 0.1) is 17.6 Å². The van der Waals surface area contributed by atoms with E-state index in [-0.39, 0.29) is 23.8 Å². The van der Waals surface area contributed by atoms with Crippen LogP contribution in [0.5, 0.6) is 5.75 Å². The van der Waals surface area contributed by atoms with Crippen molar-refractivity contribution in [2.75, 3.05) is 0 Å². The van der Waals surface area contributed by atoms with Gasteiger partial charge < -0.3 is 4.74 Å². The molecule has 0 aliphatic carbocycles. The van der Waals surface area contributed by atoms with Gasteiger partial charge in [0.15, 0.2) is 0 Å². The van der Waals surface area contributed by atoms with Crippen LogP contribution in [0.25, 0.3) is 6.08 Å². The van der Waals surface area contributed by atoms with Crippen LogP contribution in [0.3, 0.4) is 0 Å². The maximum atomic E-state index is 12.7. The quantitative estimate of drug-likeness (QED) is 0.491. The van der Waals surface area contributed by atoms with Gasteiger partial charge in [0, 0.05) is 15.6 Å². The summed E-state index contributed by atoms with van der Waals surface area (Å²) in [6, 6.07) is 12.5. The van der Waals surface area contributed by atoms with Gasteiger partial charge >= 0.3 is 0 Å². The molecule has 0 unspecified atom stereocenters. The predicted molar refractivity (Wildman–Crippen MR) is 115 cm³/mol. The minimum atomic E-state index is -0.356. The van der Waals surface area contributed by atoms with Crippen LogP contribution in [0.2, 0.25) is 10.0 Å². The van der Waals surface area contributed by atoms with Crippen LogP contribution in [0.1, 0.15) is 31.4 Å². The maximum Gasteiger partial charge on any atom is 0.293 e. The van der Waals surface area contributed by atoms with E-state index in [4.69, 9.17) is 27.9 Å². The highest BCUT2D eigenvalue weighted by Crippen LogP contribution is 2.35. The summed E-state index contributed by atoms with van der Waals surface area (Å²) in [5, 5.41) is 0.504. The molecule has 7 heteroatoms. The molecule has 1 aliphatic rings. The lowest BCUT2D eigenvalue weighted by Gasteiger charge is -2.14. The van der Waals surface area contributed by atoms with E-state index in [2.05, 4.69) is 6.92 Å². The standard InChI is InChI=1S/C21H19Cl2NO3S/c1-3-13(2)27-15-9-7-14(8-10-15)11-19-20(25)24(21(26)28-19)12-16-17(22)5-4-6-18(16)23/h4-11,13H,3,12H2,1-2H3/b19-11-/t13-/m1/s1. The molecule has 1 fully saturated rings. The Kier molecular flexibility index (Phi) is 6.70. The molecule has 1 atom stereocenters. The number of thioether (sulfide) groups is 1. The van der Waals surface area contributed by atoms with Crippen molar-refractivity contribution >= 4 is 52.2 Å². The Morgan fingerprint density at radius 3 is 2.36 bits per heavy atom. The molecule has 146 valence electrons. The molecule has 0 radical (unpaired) electrons. The van der Waals surface area contributed by atoms with Gasteiger partial charge in [-0.15, -0.1) is 0 Å². The second-order valence-electron chi connectivity index (χ2n) is 6.37. The monoisotopic (exact) mass is 435 g/mol. The molecule has 0 bridgehead atoms. The molecule has 2 amide bonds. The fourth-order valence-corrected chi connectivity index (χ4v) is 3.94. The molecular weight excluding hydrogens is 417 g/mol. The van der Waals surface area contributed by atoms with Crippen molar-refractivity contribution < 1.29 is 14.3 Å². The number of halogens is 2. The van der Waals surface area contributed by atoms with Gasteiger partial charge in [-0.05, 0) is 61.0 Å². The number of benzene rings is 2. The number of rotatable bonds is 6. The van der Waals surface area contributed by atoms with Gasteiger partial charge in [-0.25, -0.2) is 0 Å². The Hall–Kier alpha value is -1.95. The molecule has 0 aromatic heterocycles. The van der Waals surface area contributed by atoms with Crippen molar-refractivity contribution in [3.05, 3.63) is 68.5 Å². The molecule has 1 aliphatic heterocycles. The van der Waals surface area contributed by atoms with Gasteiger partial charge in [0.2, 0.25) is 0 Å². The molecule has 1 saturated heterocycles. The number of ether oxygens (including phenoxy) is 1. The zero-order valence-corrected chi connectivity index (χ0v) is 17.8. The van der Waals surface area contributed by atoms with Gasteiger partial charge in [-0.1, -0.05) is 48.3 Å². The molecular formula is C21H19Cl2NO3S. The number of carbonyl (C=O) groups excluding carboxylic acids is 2. The van der Waals surface area contributed by atoms with Crippen LogP contribution in [-0.2, 0) is 11.3 Å². The molecule has 0 spiro atoms. The number of hydrogen-bond acceptors (Lipinski definition) is 4. The van der Waals surface area contributed by atoms with E-state index in [1.54, 1.807) is 24.3 Å². The van der Waals surface area contributed by atoms with Crippen LogP contribution in [-0.4, -0.2) is 22.2 Å². The SMILES string of the molecule is CC[C@@H](C)Oc1ccc(/C=C2\SC(=O)N(Cc3c(Cl)cccc3Cl)C2=O)cc1. The largest absolute Gasteiger partial charge is 0.491 e. The van der Waals surface area contributed by atoms with E-state index in [1.165, 1.54) is 0 Å². The van der Waals surface area contributed by atoms with Crippen molar-refractivity contribution in [1.82, 2.24) is 4.90 Å². The van der Waals surface area contributed by atoms with Gasteiger partial charge in [-0.2, -0.15) is 0 Å². The lowest BCUT2D eigenvalue weighted by molar-refractivity contribution is -0.123. The summed E-state index contributed by atoms with van der Waals surface area (Å²) in [6.07, 6.45) is 2.76. The second-order valence-corrected chi connectivity index (χ2v) is 8.18. The molecule has 0 N–H and O–H groups in total. The van der Waals surface area contributed by atoms with Crippen molar-refractivity contribution in [3.63, 3.8) is 0 Å². The van der Waals surface area contributed by atoms with Gasteiger partial charge in [-0.3, -0.25) is 14.5 Å². The van der Waals surface area contributed by atoms with E-state index in [1.807, 2.05) is 31.2 Å². The summed E-state index contributed by atoms with van der Waals surface area (Å²) in [4.78, 5) is 26.6. The number of carbonyl (C=O) groups is 2. The fraction of sp³-hybridized carbons (Fsp3) is 0.238.